The molecule has 1 rings (SSSR count). The fourth-order valence-electron chi connectivity index (χ4n) is 1.84. The normalized spacial score (nSPS) is 26.5. The summed E-state index contributed by atoms with van der Waals surface area (Å²) in [5.41, 5.74) is 0. The van der Waals surface area contributed by atoms with E-state index in [0.29, 0.717) is 6.17 Å². The maximum atomic E-state index is 3.43. The molecule has 3 heteroatoms. The first-order valence-corrected chi connectivity index (χ1v) is 4.94. The lowest BCUT2D eigenvalue weighted by Gasteiger charge is -2.40. The molecule has 72 valence electrons. The van der Waals surface area contributed by atoms with E-state index in [1.54, 1.807) is 0 Å². The van der Waals surface area contributed by atoms with Crippen LogP contribution >= 0.6 is 0 Å². The van der Waals surface area contributed by atoms with Crippen LogP contribution in [0.4, 0.5) is 0 Å². The Morgan fingerprint density at radius 3 is 2.58 bits per heavy atom. The van der Waals surface area contributed by atoms with Crippen molar-refractivity contribution in [2.24, 2.45) is 0 Å². The van der Waals surface area contributed by atoms with Crippen LogP contribution < -0.4 is 5.32 Å². The van der Waals surface area contributed by atoms with Gasteiger partial charge in [0, 0.05) is 19.6 Å². The number of piperazine rings is 1. The van der Waals surface area contributed by atoms with Crippen molar-refractivity contribution in [2.75, 3.05) is 39.8 Å². The molecular formula is C9H21N3. The van der Waals surface area contributed by atoms with Gasteiger partial charge in [-0.05, 0) is 20.1 Å². The van der Waals surface area contributed by atoms with Crippen LogP contribution in [-0.4, -0.2) is 55.7 Å². The molecule has 1 unspecified atom stereocenters. The number of hydrogen-bond donors (Lipinski definition) is 1. The third kappa shape index (κ3) is 2.19. The summed E-state index contributed by atoms with van der Waals surface area (Å²) in [6.45, 7) is 10.2. The van der Waals surface area contributed by atoms with Gasteiger partial charge in [0.15, 0.2) is 0 Å². The van der Waals surface area contributed by atoms with Gasteiger partial charge in [-0.25, -0.2) is 0 Å². The van der Waals surface area contributed by atoms with E-state index in [4.69, 9.17) is 0 Å². The van der Waals surface area contributed by atoms with Gasteiger partial charge in [-0.3, -0.25) is 9.80 Å². The van der Waals surface area contributed by atoms with Gasteiger partial charge in [0.1, 0.15) is 0 Å². The summed E-state index contributed by atoms with van der Waals surface area (Å²) in [4.78, 5) is 4.93. The van der Waals surface area contributed by atoms with Crippen molar-refractivity contribution < 1.29 is 0 Å². The molecular weight excluding hydrogens is 150 g/mol. The minimum Gasteiger partial charge on any atom is -0.313 e. The zero-order valence-corrected chi connectivity index (χ0v) is 8.51. The van der Waals surface area contributed by atoms with Crippen molar-refractivity contribution in [3.05, 3.63) is 0 Å². The van der Waals surface area contributed by atoms with Crippen molar-refractivity contribution in [1.82, 2.24) is 15.1 Å². The quantitative estimate of drug-likeness (QED) is 0.654. The molecule has 3 nitrogen and oxygen atoms in total. The number of nitrogens with zero attached hydrogens (tertiary/aromatic N) is 2. The number of likely N-dealkylation sites (N-methyl/N-ethyl adjacent to an activating group) is 2. The molecule has 1 heterocycles. The van der Waals surface area contributed by atoms with Gasteiger partial charge in [0.25, 0.3) is 0 Å². The fourth-order valence-corrected chi connectivity index (χ4v) is 1.84. The second-order valence-electron chi connectivity index (χ2n) is 3.39. The van der Waals surface area contributed by atoms with Crippen LogP contribution in [0.2, 0.25) is 0 Å². The van der Waals surface area contributed by atoms with E-state index < -0.39 is 0 Å². The molecule has 1 aliphatic heterocycles. The highest BCUT2D eigenvalue weighted by Crippen LogP contribution is 2.05. The summed E-state index contributed by atoms with van der Waals surface area (Å²) in [6, 6.07) is 0. The molecule has 0 saturated carbocycles. The van der Waals surface area contributed by atoms with Crippen molar-refractivity contribution in [3.8, 4) is 0 Å². The lowest BCUT2D eigenvalue weighted by Crippen LogP contribution is -2.57. The van der Waals surface area contributed by atoms with Gasteiger partial charge in [-0.2, -0.15) is 0 Å². The minimum atomic E-state index is 0.605. The summed E-state index contributed by atoms with van der Waals surface area (Å²) in [5.74, 6) is 0. The monoisotopic (exact) mass is 171 g/mol. The summed E-state index contributed by atoms with van der Waals surface area (Å²) >= 11 is 0. The lowest BCUT2D eigenvalue weighted by atomic mass is 10.3. The Labute approximate surface area is 75.7 Å². The first-order chi connectivity index (χ1) is 5.79. The average Bonchev–Trinajstić information content (AvgIpc) is 2.10. The molecule has 0 bridgehead atoms. The molecule has 1 saturated heterocycles. The van der Waals surface area contributed by atoms with E-state index in [-0.39, 0.29) is 0 Å². The smallest absolute Gasteiger partial charge is 0.0748 e. The van der Waals surface area contributed by atoms with E-state index in [9.17, 15) is 0 Å². The van der Waals surface area contributed by atoms with Gasteiger partial charge < -0.3 is 5.32 Å². The van der Waals surface area contributed by atoms with Crippen LogP contribution in [0.25, 0.3) is 0 Å². The van der Waals surface area contributed by atoms with E-state index in [1.165, 1.54) is 6.54 Å². The molecule has 1 atom stereocenters. The molecule has 0 aromatic carbocycles. The summed E-state index contributed by atoms with van der Waals surface area (Å²) in [7, 11) is 2.21. The van der Waals surface area contributed by atoms with Crippen LogP contribution in [0.3, 0.4) is 0 Å². The van der Waals surface area contributed by atoms with Crippen LogP contribution in [0, 0.1) is 0 Å². The fraction of sp³-hybridized carbons (Fsp3) is 1.00. The Kier molecular flexibility index (Phi) is 3.98. The van der Waals surface area contributed by atoms with Gasteiger partial charge in [0.05, 0.1) is 6.17 Å². The predicted molar refractivity (Wildman–Crippen MR) is 52.2 cm³/mol. The van der Waals surface area contributed by atoms with Crippen molar-refractivity contribution >= 4 is 0 Å². The van der Waals surface area contributed by atoms with Crippen LogP contribution in [0.5, 0.6) is 0 Å². The van der Waals surface area contributed by atoms with Gasteiger partial charge in [-0.1, -0.05) is 13.8 Å². The van der Waals surface area contributed by atoms with E-state index >= 15 is 0 Å². The van der Waals surface area contributed by atoms with Gasteiger partial charge in [0.2, 0.25) is 0 Å². The second kappa shape index (κ2) is 4.80. The Morgan fingerprint density at radius 2 is 2.08 bits per heavy atom. The number of rotatable bonds is 3. The number of hydrogen-bond acceptors (Lipinski definition) is 3. The average molecular weight is 171 g/mol. The largest absolute Gasteiger partial charge is 0.313 e. The minimum absolute atomic E-state index is 0.605. The zero-order chi connectivity index (χ0) is 8.97. The Hall–Kier alpha value is -0.120. The summed E-state index contributed by atoms with van der Waals surface area (Å²) in [5, 5.41) is 3.43. The molecule has 0 aromatic rings. The van der Waals surface area contributed by atoms with E-state index in [2.05, 4.69) is 36.0 Å². The third-order valence-electron chi connectivity index (χ3n) is 2.71. The molecule has 0 aromatic heterocycles. The first-order valence-electron chi connectivity index (χ1n) is 4.94. The van der Waals surface area contributed by atoms with Gasteiger partial charge >= 0.3 is 0 Å². The summed E-state index contributed by atoms with van der Waals surface area (Å²) in [6.07, 6.45) is 0.605. The predicted octanol–water partition coefficient (Wildman–Crippen LogP) is 0.189. The second-order valence-corrected chi connectivity index (χ2v) is 3.39. The Bertz CT molecular complexity index is 123. The molecule has 0 amide bonds. The molecule has 1 fully saturated rings. The topological polar surface area (TPSA) is 18.5 Å². The zero-order valence-electron chi connectivity index (χ0n) is 8.51. The maximum absolute atomic E-state index is 3.43. The third-order valence-corrected chi connectivity index (χ3v) is 2.71. The molecule has 0 spiro atoms. The molecule has 0 aliphatic carbocycles. The Morgan fingerprint density at radius 1 is 1.42 bits per heavy atom. The SMILES string of the molecule is CCN(CC)C1CNCCN1C. The lowest BCUT2D eigenvalue weighted by molar-refractivity contribution is 0.0503. The molecule has 1 aliphatic rings. The van der Waals surface area contributed by atoms with E-state index in [0.717, 1.165) is 26.2 Å². The van der Waals surface area contributed by atoms with E-state index in [1.807, 2.05) is 0 Å². The molecule has 0 radical (unpaired) electrons. The van der Waals surface area contributed by atoms with Crippen LogP contribution in [0.15, 0.2) is 0 Å². The van der Waals surface area contributed by atoms with Gasteiger partial charge in [-0.15, -0.1) is 0 Å². The summed E-state index contributed by atoms with van der Waals surface area (Å²) < 4.78 is 0. The Balaban J connectivity index is 2.45. The molecule has 1 N–H and O–H groups in total. The first kappa shape index (κ1) is 9.96. The number of nitrogens with one attached hydrogen (secondary N) is 1. The van der Waals surface area contributed by atoms with Crippen molar-refractivity contribution in [1.29, 1.82) is 0 Å². The molecule has 12 heavy (non-hydrogen) atoms. The maximum Gasteiger partial charge on any atom is 0.0748 e. The van der Waals surface area contributed by atoms with Crippen molar-refractivity contribution in [3.63, 3.8) is 0 Å². The highest BCUT2D eigenvalue weighted by molar-refractivity contribution is 4.76. The van der Waals surface area contributed by atoms with Crippen LogP contribution in [-0.2, 0) is 0 Å². The van der Waals surface area contributed by atoms with Crippen LogP contribution in [0.1, 0.15) is 13.8 Å². The highest BCUT2D eigenvalue weighted by Gasteiger charge is 2.22. The standard InChI is InChI=1S/C9H21N3/c1-4-12(5-2)9-8-10-6-7-11(9)3/h9-10H,4-8H2,1-3H3. The van der Waals surface area contributed by atoms with Crippen molar-refractivity contribution in [2.45, 2.75) is 20.0 Å². The highest BCUT2D eigenvalue weighted by atomic mass is 15.4.